The molecular formula is C19H27FN2O2. The molecule has 0 aromatic heterocycles. The Bertz CT molecular complexity index is 629. The first-order valence-electron chi connectivity index (χ1n) is 8.50. The summed E-state index contributed by atoms with van der Waals surface area (Å²) in [6, 6.07) is 4.33. The van der Waals surface area contributed by atoms with E-state index in [0.29, 0.717) is 18.5 Å². The number of hydrogen-bond acceptors (Lipinski definition) is 2. The fourth-order valence-corrected chi connectivity index (χ4v) is 3.29. The number of carbonyl (C=O) groups is 2. The minimum absolute atomic E-state index is 0.115. The van der Waals surface area contributed by atoms with E-state index in [1.165, 1.54) is 12.1 Å². The van der Waals surface area contributed by atoms with Crippen LogP contribution in [0.2, 0.25) is 0 Å². The van der Waals surface area contributed by atoms with Gasteiger partial charge in [0.05, 0.1) is 5.41 Å². The summed E-state index contributed by atoms with van der Waals surface area (Å²) in [4.78, 5) is 25.2. The molecule has 0 spiro atoms. The number of nitrogens with one attached hydrogen (secondary N) is 2. The molecule has 132 valence electrons. The minimum Gasteiger partial charge on any atom is -0.351 e. The maximum Gasteiger partial charge on any atom is 0.231 e. The summed E-state index contributed by atoms with van der Waals surface area (Å²) in [6.45, 7) is 7.58. The predicted molar refractivity (Wildman–Crippen MR) is 93.2 cm³/mol. The van der Waals surface area contributed by atoms with Crippen molar-refractivity contribution in [1.82, 2.24) is 5.32 Å². The first-order chi connectivity index (χ1) is 11.1. The molecule has 0 heterocycles. The number of amides is 2. The molecule has 2 amide bonds. The molecular weight excluding hydrogens is 307 g/mol. The lowest BCUT2D eigenvalue weighted by Crippen LogP contribution is -2.45. The Morgan fingerprint density at radius 2 is 1.83 bits per heavy atom. The van der Waals surface area contributed by atoms with Gasteiger partial charge in [0.2, 0.25) is 11.8 Å². The molecule has 1 fully saturated rings. The number of rotatable bonds is 4. The largest absolute Gasteiger partial charge is 0.351 e. The van der Waals surface area contributed by atoms with Gasteiger partial charge in [-0.3, -0.25) is 9.59 Å². The molecule has 5 heteroatoms. The molecule has 0 bridgehead atoms. The lowest BCUT2D eigenvalue weighted by atomic mass is 9.81. The van der Waals surface area contributed by atoms with Gasteiger partial charge in [-0.2, -0.15) is 0 Å². The Hall–Kier alpha value is -1.91. The zero-order valence-corrected chi connectivity index (χ0v) is 15.0. The third-order valence-corrected chi connectivity index (χ3v) is 4.50. The van der Waals surface area contributed by atoms with E-state index in [4.69, 9.17) is 0 Å². The van der Waals surface area contributed by atoms with Gasteiger partial charge < -0.3 is 10.6 Å². The SMILES string of the molecule is Cc1ccc(F)cc1NC(=O)C1(CC(=O)NC(C)(C)C)CCCC1. The van der Waals surface area contributed by atoms with Crippen LogP contribution in [0.3, 0.4) is 0 Å². The zero-order chi connectivity index (χ0) is 18.0. The van der Waals surface area contributed by atoms with Crippen molar-refractivity contribution in [3.05, 3.63) is 29.6 Å². The molecule has 1 aliphatic carbocycles. The second-order valence-corrected chi connectivity index (χ2v) is 7.88. The Balaban J connectivity index is 2.15. The summed E-state index contributed by atoms with van der Waals surface area (Å²) in [5.41, 5.74) is 0.250. The molecule has 1 aromatic rings. The van der Waals surface area contributed by atoms with Crippen molar-refractivity contribution in [3.8, 4) is 0 Å². The molecule has 4 nitrogen and oxygen atoms in total. The summed E-state index contributed by atoms with van der Waals surface area (Å²) >= 11 is 0. The van der Waals surface area contributed by atoms with Crippen LogP contribution in [0, 0.1) is 18.2 Å². The first-order valence-corrected chi connectivity index (χ1v) is 8.50. The predicted octanol–water partition coefficient (Wildman–Crippen LogP) is 3.94. The Morgan fingerprint density at radius 3 is 2.42 bits per heavy atom. The van der Waals surface area contributed by atoms with Crippen molar-refractivity contribution in [3.63, 3.8) is 0 Å². The third kappa shape index (κ3) is 4.56. The van der Waals surface area contributed by atoms with E-state index < -0.39 is 5.41 Å². The summed E-state index contributed by atoms with van der Waals surface area (Å²) < 4.78 is 13.5. The normalized spacial score (nSPS) is 16.7. The number of carbonyl (C=O) groups excluding carboxylic acids is 2. The van der Waals surface area contributed by atoms with Gasteiger partial charge in [0.1, 0.15) is 5.82 Å². The van der Waals surface area contributed by atoms with E-state index in [9.17, 15) is 14.0 Å². The zero-order valence-electron chi connectivity index (χ0n) is 15.0. The van der Waals surface area contributed by atoms with Crippen molar-refractivity contribution >= 4 is 17.5 Å². The van der Waals surface area contributed by atoms with Gasteiger partial charge >= 0.3 is 0 Å². The molecule has 0 atom stereocenters. The molecule has 0 aliphatic heterocycles. The number of anilines is 1. The molecule has 1 saturated carbocycles. The smallest absolute Gasteiger partial charge is 0.231 e. The highest BCUT2D eigenvalue weighted by atomic mass is 19.1. The average Bonchev–Trinajstić information content (AvgIpc) is 2.90. The van der Waals surface area contributed by atoms with Crippen molar-refractivity contribution in [2.24, 2.45) is 5.41 Å². The van der Waals surface area contributed by atoms with Crippen LogP contribution in [-0.2, 0) is 9.59 Å². The van der Waals surface area contributed by atoms with Crippen LogP contribution in [0.25, 0.3) is 0 Å². The summed E-state index contributed by atoms with van der Waals surface area (Å²) in [5, 5.41) is 5.77. The fourth-order valence-electron chi connectivity index (χ4n) is 3.29. The highest BCUT2D eigenvalue weighted by Gasteiger charge is 2.43. The number of halogens is 1. The van der Waals surface area contributed by atoms with Crippen LogP contribution >= 0.6 is 0 Å². The minimum atomic E-state index is -0.700. The maximum atomic E-state index is 13.5. The second kappa shape index (κ2) is 6.91. The van der Waals surface area contributed by atoms with Gasteiger partial charge in [-0.25, -0.2) is 4.39 Å². The van der Waals surface area contributed by atoms with E-state index in [-0.39, 0.29) is 29.6 Å². The second-order valence-electron chi connectivity index (χ2n) is 7.88. The average molecular weight is 334 g/mol. The topological polar surface area (TPSA) is 58.2 Å². The van der Waals surface area contributed by atoms with Gasteiger partial charge in [-0.05, 0) is 58.2 Å². The maximum absolute atomic E-state index is 13.5. The van der Waals surface area contributed by atoms with Crippen LogP contribution in [0.5, 0.6) is 0 Å². The van der Waals surface area contributed by atoms with E-state index in [0.717, 1.165) is 18.4 Å². The van der Waals surface area contributed by atoms with Gasteiger partial charge in [0.15, 0.2) is 0 Å². The highest BCUT2D eigenvalue weighted by molar-refractivity contribution is 5.98. The highest BCUT2D eigenvalue weighted by Crippen LogP contribution is 2.42. The van der Waals surface area contributed by atoms with Crippen molar-refractivity contribution in [2.45, 2.75) is 65.3 Å². The molecule has 0 saturated heterocycles. The van der Waals surface area contributed by atoms with Crippen LogP contribution in [0.4, 0.5) is 10.1 Å². The fraction of sp³-hybridized carbons (Fsp3) is 0.579. The van der Waals surface area contributed by atoms with Crippen LogP contribution < -0.4 is 10.6 Å². The lowest BCUT2D eigenvalue weighted by Gasteiger charge is -2.29. The monoisotopic (exact) mass is 334 g/mol. The quantitative estimate of drug-likeness (QED) is 0.876. The summed E-state index contributed by atoms with van der Waals surface area (Å²) in [7, 11) is 0. The van der Waals surface area contributed by atoms with Crippen molar-refractivity contribution in [1.29, 1.82) is 0 Å². The Kier molecular flexibility index (Phi) is 5.31. The molecule has 2 rings (SSSR count). The molecule has 0 unspecified atom stereocenters. The van der Waals surface area contributed by atoms with Gasteiger partial charge in [0, 0.05) is 17.6 Å². The number of aryl methyl sites for hydroxylation is 1. The first kappa shape index (κ1) is 18.4. The van der Waals surface area contributed by atoms with Gasteiger partial charge in [-0.15, -0.1) is 0 Å². The van der Waals surface area contributed by atoms with Gasteiger partial charge in [-0.1, -0.05) is 18.9 Å². The molecule has 24 heavy (non-hydrogen) atoms. The standard InChI is InChI=1S/C19H27FN2O2/c1-13-7-8-14(20)11-15(13)21-17(24)19(9-5-6-10-19)12-16(23)22-18(2,3)4/h7-8,11H,5-6,9-10,12H2,1-4H3,(H,21,24)(H,22,23). The lowest BCUT2D eigenvalue weighted by molar-refractivity contribution is -0.133. The molecule has 0 radical (unpaired) electrons. The Labute approximate surface area is 143 Å². The number of benzene rings is 1. The summed E-state index contributed by atoms with van der Waals surface area (Å²) in [6.07, 6.45) is 3.40. The van der Waals surface area contributed by atoms with E-state index in [2.05, 4.69) is 10.6 Å². The molecule has 2 N–H and O–H groups in total. The van der Waals surface area contributed by atoms with E-state index >= 15 is 0 Å². The van der Waals surface area contributed by atoms with Crippen LogP contribution in [0.15, 0.2) is 18.2 Å². The van der Waals surface area contributed by atoms with Gasteiger partial charge in [0.25, 0.3) is 0 Å². The van der Waals surface area contributed by atoms with E-state index in [1.54, 1.807) is 6.07 Å². The van der Waals surface area contributed by atoms with Crippen molar-refractivity contribution < 1.29 is 14.0 Å². The van der Waals surface area contributed by atoms with Crippen molar-refractivity contribution in [2.75, 3.05) is 5.32 Å². The summed E-state index contributed by atoms with van der Waals surface area (Å²) in [5.74, 6) is -0.685. The van der Waals surface area contributed by atoms with Crippen LogP contribution in [0.1, 0.15) is 58.4 Å². The molecule has 1 aromatic carbocycles. The van der Waals surface area contributed by atoms with E-state index in [1.807, 2.05) is 27.7 Å². The Morgan fingerprint density at radius 1 is 1.21 bits per heavy atom. The number of hydrogen-bond donors (Lipinski definition) is 2. The molecule has 1 aliphatic rings. The third-order valence-electron chi connectivity index (χ3n) is 4.50. The van der Waals surface area contributed by atoms with Crippen LogP contribution in [-0.4, -0.2) is 17.4 Å².